The van der Waals surface area contributed by atoms with E-state index in [2.05, 4.69) is 4.99 Å². The topological polar surface area (TPSA) is 64.4 Å². The average Bonchev–Trinajstić information content (AvgIpc) is 1.81. The van der Waals surface area contributed by atoms with E-state index in [9.17, 15) is 0 Å². The summed E-state index contributed by atoms with van der Waals surface area (Å²) in [4.78, 5) is 3.95. The lowest BCUT2D eigenvalue weighted by Gasteiger charge is -1.84. The smallest absolute Gasteiger partial charge is 0.0508 e. The van der Waals surface area contributed by atoms with E-state index in [0.29, 0.717) is 13.1 Å². The molecule has 0 unspecified atom stereocenters. The molecule has 0 saturated carbocycles. The van der Waals surface area contributed by atoms with Crippen LogP contribution >= 0.6 is 0 Å². The van der Waals surface area contributed by atoms with Gasteiger partial charge < -0.3 is 11.5 Å². The fourth-order valence-electron chi connectivity index (χ4n) is 0.332. The van der Waals surface area contributed by atoms with Crippen molar-refractivity contribution >= 4 is 6.21 Å². The van der Waals surface area contributed by atoms with E-state index in [-0.39, 0.29) is 0 Å². The molecule has 0 atom stereocenters. The molecule has 48 valence electrons. The van der Waals surface area contributed by atoms with Crippen molar-refractivity contribution in [3.8, 4) is 0 Å². The zero-order valence-electron chi connectivity index (χ0n) is 5.01. The highest BCUT2D eigenvalue weighted by atomic mass is 14.7. The summed E-state index contributed by atoms with van der Waals surface area (Å²) in [5.41, 5.74) is 10.4. The largest absolute Gasteiger partial charge is 0.330 e. The summed E-state index contributed by atoms with van der Waals surface area (Å²) in [6.45, 7) is 2.02. The molecule has 0 aromatic carbocycles. The molecule has 0 aliphatic carbocycles. The van der Waals surface area contributed by atoms with E-state index >= 15 is 0 Å². The molecule has 0 fully saturated rings. The zero-order valence-corrected chi connectivity index (χ0v) is 5.01. The van der Waals surface area contributed by atoms with Crippen LogP contribution in [0.3, 0.4) is 0 Å². The first kappa shape index (κ1) is 7.59. The normalized spacial score (nSPS) is 10.8. The molecular weight excluding hydrogens is 102 g/mol. The Balaban J connectivity index is 2.83. The highest BCUT2D eigenvalue weighted by Gasteiger charge is 1.72. The molecule has 0 rings (SSSR count). The molecule has 0 aliphatic rings. The van der Waals surface area contributed by atoms with Crippen LogP contribution in [0.15, 0.2) is 4.99 Å². The highest BCUT2D eigenvalue weighted by Crippen LogP contribution is 1.67. The Labute approximate surface area is 49.8 Å². The molecule has 0 bridgehead atoms. The van der Waals surface area contributed by atoms with Gasteiger partial charge in [-0.15, -0.1) is 0 Å². The van der Waals surface area contributed by atoms with Crippen LogP contribution in [-0.4, -0.2) is 25.8 Å². The Hall–Kier alpha value is -0.410. The quantitative estimate of drug-likeness (QED) is 0.479. The summed E-state index contributed by atoms with van der Waals surface area (Å²) in [6, 6.07) is 0. The number of nitrogens with two attached hydrogens (primary N) is 2. The van der Waals surface area contributed by atoms with Gasteiger partial charge in [-0.3, -0.25) is 4.99 Å². The molecule has 0 heterocycles. The third-order valence-corrected chi connectivity index (χ3v) is 0.683. The number of hydrogen-bond donors (Lipinski definition) is 2. The van der Waals surface area contributed by atoms with Crippen molar-refractivity contribution in [3.63, 3.8) is 0 Å². The van der Waals surface area contributed by atoms with E-state index in [1.807, 2.05) is 6.21 Å². The molecular formula is C5H13N3. The van der Waals surface area contributed by atoms with Gasteiger partial charge in [0.2, 0.25) is 0 Å². The van der Waals surface area contributed by atoms with Crippen molar-refractivity contribution < 1.29 is 0 Å². The van der Waals surface area contributed by atoms with Crippen LogP contribution in [0.5, 0.6) is 0 Å². The van der Waals surface area contributed by atoms with E-state index in [1.165, 1.54) is 0 Å². The van der Waals surface area contributed by atoms with Crippen LogP contribution in [0.25, 0.3) is 0 Å². The first-order valence-electron chi connectivity index (χ1n) is 2.80. The van der Waals surface area contributed by atoms with Crippen LogP contribution < -0.4 is 11.5 Å². The number of rotatable bonds is 4. The predicted octanol–water partition coefficient (Wildman–Crippen LogP) is -0.635. The van der Waals surface area contributed by atoms with Crippen LogP contribution in [0.2, 0.25) is 0 Å². The van der Waals surface area contributed by atoms with Gasteiger partial charge in [-0.25, -0.2) is 0 Å². The molecule has 0 radical (unpaired) electrons. The maximum atomic E-state index is 5.19. The highest BCUT2D eigenvalue weighted by molar-refractivity contribution is 5.57. The first-order valence-corrected chi connectivity index (χ1v) is 2.80. The Morgan fingerprint density at radius 3 is 2.50 bits per heavy atom. The number of nitrogens with zero attached hydrogens (tertiary/aromatic N) is 1. The van der Waals surface area contributed by atoms with Gasteiger partial charge in [0, 0.05) is 6.54 Å². The lowest BCUT2D eigenvalue weighted by molar-refractivity contribution is 0.965. The van der Waals surface area contributed by atoms with Gasteiger partial charge in [0.15, 0.2) is 0 Å². The van der Waals surface area contributed by atoms with Crippen LogP contribution in [0.1, 0.15) is 6.42 Å². The summed E-state index contributed by atoms with van der Waals surface area (Å²) < 4.78 is 0. The van der Waals surface area contributed by atoms with Gasteiger partial charge in [0.05, 0.1) is 6.54 Å². The Kier molecular flexibility index (Phi) is 6.25. The third-order valence-electron chi connectivity index (χ3n) is 0.683. The second-order valence-electron chi connectivity index (χ2n) is 1.45. The van der Waals surface area contributed by atoms with Crippen molar-refractivity contribution in [2.45, 2.75) is 6.42 Å². The van der Waals surface area contributed by atoms with Crippen LogP contribution in [0, 0.1) is 0 Å². The van der Waals surface area contributed by atoms with Gasteiger partial charge in [-0.05, 0) is 19.2 Å². The van der Waals surface area contributed by atoms with Crippen LogP contribution in [0.4, 0.5) is 0 Å². The van der Waals surface area contributed by atoms with Crippen molar-refractivity contribution in [2.24, 2.45) is 16.5 Å². The molecule has 0 aromatic rings. The molecule has 0 aliphatic heterocycles. The van der Waals surface area contributed by atoms with Crippen LogP contribution in [-0.2, 0) is 0 Å². The Morgan fingerprint density at radius 1 is 1.25 bits per heavy atom. The predicted molar refractivity (Wildman–Crippen MR) is 36.1 cm³/mol. The monoisotopic (exact) mass is 115 g/mol. The van der Waals surface area contributed by atoms with Crippen molar-refractivity contribution in [1.82, 2.24) is 0 Å². The summed E-state index contributed by atoms with van der Waals surface area (Å²) in [6.07, 6.45) is 2.67. The van der Waals surface area contributed by atoms with E-state index in [1.54, 1.807) is 0 Å². The minimum atomic E-state index is 0.626. The second kappa shape index (κ2) is 6.59. The molecule has 0 amide bonds. The lowest BCUT2D eigenvalue weighted by Crippen LogP contribution is -2.03. The summed E-state index contributed by atoms with van der Waals surface area (Å²) in [5.74, 6) is 0. The first-order chi connectivity index (χ1) is 3.91. The maximum absolute atomic E-state index is 5.19. The van der Waals surface area contributed by atoms with Gasteiger partial charge in [0.1, 0.15) is 0 Å². The summed E-state index contributed by atoms with van der Waals surface area (Å²) >= 11 is 0. The molecule has 0 saturated heterocycles. The number of hydrogen-bond acceptors (Lipinski definition) is 3. The summed E-state index contributed by atoms with van der Waals surface area (Å²) in [5, 5.41) is 0. The van der Waals surface area contributed by atoms with E-state index in [0.717, 1.165) is 13.0 Å². The van der Waals surface area contributed by atoms with Crippen molar-refractivity contribution in [2.75, 3.05) is 19.6 Å². The van der Waals surface area contributed by atoms with Crippen molar-refractivity contribution in [3.05, 3.63) is 0 Å². The Bertz CT molecular complexity index is 52.7. The standard InChI is InChI=1S/C5H13N3/c6-2-1-4-8-5-3-7/h4H,1-3,5-7H2. The van der Waals surface area contributed by atoms with Gasteiger partial charge in [-0.1, -0.05) is 0 Å². The fourth-order valence-corrected chi connectivity index (χ4v) is 0.332. The van der Waals surface area contributed by atoms with Gasteiger partial charge >= 0.3 is 0 Å². The minimum absolute atomic E-state index is 0.626. The average molecular weight is 115 g/mol. The molecule has 8 heavy (non-hydrogen) atoms. The second-order valence-corrected chi connectivity index (χ2v) is 1.45. The lowest BCUT2D eigenvalue weighted by atomic mass is 10.5. The van der Waals surface area contributed by atoms with Gasteiger partial charge in [0.25, 0.3) is 0 Å². The minimum Gasteiger partial charge on any atom is -0.330 e. The van der Waals surface area contributed by atoms with Gasteiger partial charge in [-0.2, -0.15) is 0 Å². The van der Waals surface area contributed by atoms with E-state index in [4.69, 9.17) is 11.5 Å². The van der Waals surface area contributed by atoms with E-state index < -0.39 is 0 Å². The molecule has 3 nitrogen and oxygen atoms in total. The summed E-state index contributed by atoms with van der Waals surface area (Å²) in [7, 11) is 0. The van der Waals surface area contributed by atoms with Crippen molar-refractivity contribution in [1.29, 1.82) is 0 Å². The molecule has 0 aromatic heterocycles. The fraction of sp³-hybridized carbons (Fsp3) is 0.800. The maximum Gasteiger partial charge on any atom is 0.0508 e. The molecule has 4 N–H and O–H groups in total. The Morgan fingerprint density at radius 2 is 2.00 bits per heavy atom. The SMILES string of the molecule is NCCC=NCCN. The third kappa shape index (κ3) is 5.59. The molecule has 0 spiro atoms. The number of aliphatic imine (C=N–C) groups is 1. The molecule has 3 heteroatoms. The zero-order chi connectivity index (χ0) is 6.24.